The molecule has 0 unspecified atom stereocenters. The van der Waals surface area contributed by atoms with Gasteiger partial charge in [0.05, 0.1) is 31.2 Å². The Kier molecular flexibility index (Phi) is 6.67. The van der Waals surface area contributed by atoms with E-state index in [1.807, 2.05) is 24.3 Å². The molecule has 4 rings (SSSR count). The molecule has 0 spiro atoms. The van der Waals surface area contributed by atoms with Crippen LogP contribution < -0.4 is 5.32 Å². The zero-order chi connectivity index (χ0) is 20.8. The van der Waals surface area contributed by atoms with Crippen LogP contribution in [0.4, 0.5) is 5.00 Å². The van der Waals surface area contributed by atoms with Crippen LogP contribution in [0.3, 0.4) is 0 Å². The van der Waals surface area contributed by atoms with Gasteiger partial charge >= 0.3 is 0 Å². The Hall–Kier alpha value is -2.82. The number of rotatable bonds is 8. The number of hydrogen-bond acceptors (Lipinski definition) is 6. The number of amides is 1. The van der Waals surface area contributed by atoms with Gasteiger partial charge < -0.3 is 14.2 Å². The van der Waals surface area contributed by atoms with Crippen molar-refractivity contribution in [2.45, 2.75) is 51.6 Å². The van der Waals surface area contributed by atoms with Crippen LogP contribution in [-0.2, 0) is 30.7 Å². The van der Waals surface area contributed by atoms with Crippen molar-refractivity contribution in [3.8, 4) is 6.07 Å². The minimum absolute atomic E-state index is 0.0770. The maximum absolute atomic E-state index is 12.7. The van der Waals surface area contributed by atoms with Crippen LogP contribution in [-0.4, -0.2) is 17.4 Å². The third-order valence-corrected chi connectivity index (χ3v) is 6.57. The van der Waals surface area contributed by atoms with Crippen molar-refractivity contribution >= 4 is 22.2 Å². The van der Waals surface area contributed by atoms with Gasteiger partial charge in [0.1, 0.15) is 22.6 Å². The highest BCUT2D eigenvalue weighted by atomic mass is 32.1. The molecule has 156 valence electrons. The van der Waals surface area contributed by atoms with E-state index < -0.39 is 0 Å². The molecule has 3 heterocycles. The molecule has 7 heteroatoms. The molecule has 0 saturated carbocycles. The number of nitriles is 1. The number of nitrogens with zero attached hydrogens (tertiary/aromatic N) is 2. The predicted molar refractivity (Wildman–Crippen MR) is 115 cm³/mol. The second-order valence-corrected chi connectivity index (χ2v) is 8.65. The van der Waals surface area contributed by atoms with Gasteiger partial charge in [-0.25, -0.2) is 0 Å². The fourth-order valence-electron chi connectivity index (χ4n) is 3.86. The molecule has 1 aliphatic carbocycles. The normalized spacial score (nSPS) is 13.6. The third kappa shape index (κ3) is 5.02. The average Bonchev–Trinajstić information content (AvgIpc) is 3.46. The monoisotopic (exact) mass is 423 g/mol. The SMILES string of the molecule is N#Cc1c(NC(=O)CCN(Cc2ccco2)Cc2ccco2)sc2c1CCCCC2. The summed E-state index contributed by atoms with van der Waals surface area (Å²) < 4.78 is 10.9. The predicted octanol–water partition coefficient (Wildman–Crippen LogP) is 5.11. The van der Waals surface area contributed by atoms with Gasteiger partial charge in [-0.1, -0.05) is 6.42 Å². The molecule has 0 saturated heterocycles. The first kappa shape index (κ1) is 20.5. The first-order valence-electron chi connectivity index (χ1n) is 10.3. The van der Waals surface area contributed by atoms with Crippen LogP contribution in [0, 0.1) is 11.3 Å². The topological polar surface area (TPSA) is 82.4 Å². The maximum atomic E-state index is 12.7. The van der Waals surface area contributed by atoms with Crippen molar-refractivity contribution < 1.29 is 13.6 Å². The molecule has 6 nitrogen and oxygen atoms in total. The lowest BCUT2D eigenvalue weighted by Crippen LogP contribution is -2.27. The van der Waals surface area contributed by atoms with Gasteiger partial charge in [-0.05, 0) is 55.5 Å². The van der Waals surface area contributed by atoms with Crippen LogP contribution in [0.1, 0.15) is 53.2 Å². The molecule has 1 N–H and O–H groups in total. The molecule has 0 fully saturated rings. The second-order valence-electron chi connectivity index (χ2n) is 7.55. The molecule has 0 atom stereocenters. The molecular weight excluding hydrogens is 398 g/mol. The van der Waals surface area contributed by atoms with Gasteiger partial charge in [-0.15, -0.1) is 11.3 Å². The summed E-state index contributed by atoms with van der Waals surface area (Å²) in [5.74, 6) is 1.61. The fraction of sp³-hybridized carbons (Fsp3) is 0.391. The Morgan fingerprint density at radius 3 is 2.43 bits per heavy atom. The molecule has 3 aromatic heterocycles. The van der Waals surface area contributed by atoms with Crippen LogP contribution in [0.15, 0.2) is 45.6 Å². The van der Waals surface area contributed by atoms with E-state index in [2.05, 4.69) is 16.3 Å². The van der Waals surface area contributed by atoms with Gasteiger partial charge in [0, 0.05) is 17.8 Å². The summed E-state index contributed by atoms with van der Waals surface area (Å²) in [5.41, 5.74) is 1.81. The van der Waals surface area contributed by atoms with E-state index in [-0.39, 0.29) is 5.91 Å². The number of carbonyl (C=O) groups is 1. The van der Waals surface area contributed by atoms with Gasteiger partial charge in [-0.2, -0.15) is 5.26 Å². The Balaban J connectivity index is 1.39. The van der Waals surface area contributed by atoms with Gasteiger partial charge in [0.15, 0.2) is 0 Å². The van der Waals surface area contributed by atoms with E-state index in [1.165, 1.54) is 11.3 Å². The number of furan rings is 2. The van der Waals surface area contributed by atoms with Crippen LogP contribution in [0.5, 0.6) is 0 Å². The molecule has 1 amide bonds. The highest BCUT2D eigenvalue weighted by Gasteiger charge is 2.21. The minimum atomic E-state index is -0.0770. The molecule has 0 aliphatic heterocycles. The Bertz CT molecular complexity index is 963. The molecule has 0 aromatic carbocycles. The number of carbonyl (C=O) groups excluding carboxylic acids is 1. The number of hydrogen-bond donors (Lipinski definition) is 1. The zero-order valence-corrected chi connectivity index (χ0v) is 17.7. The smallest absolute Gasteiger partial charge is 0.226 e. The summed E-state index contributed by atoms with van der Waals surface area (Å²) in [5, 5.41) is 13.4. The minimum Gasteiger partial charge on any atom is -0.468 e. The molecule has 0 radical (unpaired) electrons. The van der Waals surface area contributed by atoms with Gasteiger partial charge in [-0.3, -0.25) is 9.69 Å². The van der Waals surface area contributed by atoms with Crippen molar-refractivity contribution in [1.82, 2.24) is 4.90 Å². The van der Waals surface area contributed by atoms with E-state index >= 15 is 0 Å². The van der Waals surface area contributed by atoms with Crippen LogP contribution >= 0.6 is 11.3 Å². The number of thiophene rings is 1. The average molecular weight is 424 g/mol. The van der Waals surface area contributed by atoms with Crippen molar-refractivity contribution in [2.75, 3.05) is 11.9 Å². The Morgan fingerprint density at radius 2 is 1.80 bits per heavy atom. The summed E-state index contributed by atoms with van der Waals surface area (Å²) in [6.45, 7) is 1.75. The third-order valence-electron chi connectivity index (χ3n) is 5.36. The van der Waals surface area contributed by atoms with E-state index in [4.69, 9.17) is 8.83 Å². The Morgan fingerprint density at radius 1 is 1.10 bits per heavy atom. The van der Waals surface area contributed by atoms with E-state index in [9.17, 15) is 10.1 Å². The highest BCUT2D eigenvalue weighted by Crippen LogP contribution is 2.37. The number of anilines is 1. The summed E-state index contributed by atoms with van der Waals surface area (Å²) in [6.07, 6.45) is 9.04. The Labute approximate surface area is 180 Å². The maximum Gasteiger partial charge on any atom is 0.226 e. The summed E-state index contributed by atoms with van der Waals surface area (Å²) in [7, 11) is 0. The lowest BCUT2D eigenvalue weighted by Gasteiger charge is -2.19. The summed E-state index contributed by atoms with van der Waals surface area (Å²) in [6, 6.07) is 9.89. The van der Waals surface area contributed by atoms with Gasteiger partial charge in [0.25, 0.3) is 0 Å². The molecule has 30 heavy (non-hydrogen) atoms. The lowest BCUT2D eigenvalue weighted by atomic mass is 10.1. The summed E-state index contributed by atoms with van der Waals surface area (Å²) >= 11 is 1.57. The lowest BCUT2D eigenvalue weighted by molar-refractivity contribution is -0.116. The quantitative estimate of drug-likeness (QED) is 0.509. The van der Waals surface area contributed by atoms with Crippen molar-refractivity contribution in [2.24, 2.45) is 0 Å². The van der Waals surface area contributed by atoms with Crippen molar-refractivity contribution in [3.05, 3.63) is 64.3 Å². The van der Waals surface area contributed by atoms with Crippen LogP contribution in [0.25, 0.3) is 0 Å². The number of fused-ring (bicyclic) bond motifs is 1. The van der Waals surface area contributed by atoms with Crippen molar-refractivity contribution in [1.29, 1.82) is 5.26 Å². The molecule has 3 aromatic rings. The molecule has 0 bridgehead atoms. The number of aryl methyl sites for hydroxylation is 1. The number of nitrogens with one attached hydrogen (secondary N) is 1. The van der Waals surface area contributed by atoms with Gasteiger partial charge in [0.2, 0.25) is 5.91 Å². The summed E-state index contributed by atoms with van der Waals surface area (Å²) in [4.78, 5) is 16.1. The molecular formula is C23H25N3O3S. The van der Waals surface area contributed by atoms with E-state index in [0.29, 0.717) is 36.6 Å². The highest BCUT2D eigenvalue weighted by molar-refractivity contribution is 7.16. The van der Waals surface area contributed by atoms with E-state index in [0.717, 1.165) is 42.8 Å². The molecule has 1 aliphatic rings. The largest absolute Gasteiger partial charge is 0.468 e. The van der Waals surface area contributed by atoms with Crippen molar-refractivity contribution in [3.63, 3.8) is 0 Å². The fourth-order valence-corrected chi connectivity index (χ4v) is 5.11. The van der Waals surface area contributed by atoms with E-state index in [1.54, 1.807) is 23.9 Å². The zero-order valence-electron chi connectivity index (χ0n) is 16.9. The van der Waals surface area contributed by atoms with Crippen LogP contribution in [0.2, 0.25) is 0 Å². The standard InChI is InChI=1S/C23H25N3O3S/c24-14-20-19-8-2-1-3-9-21(19)30-23(20)25-22(27)10-11-26(15-17-6-4-12-28-17)16-18-7-5-13-29-18/h4-7,12-13H,1-3,8-11,15-16H2,(H,25,27). The second kappa shape index (κ2) is 9.79. The first-order chi connectivity index (χ1) is 14.7. The first-order valence-corrected chi connectivity index (χ1v) is 11.2.